The van der Waals surface area contributed by atoms with Crippen LogP contribution in [-0.4, -0.2) is 45.3 Å². The van der Waals surface area contributed by atoms with Gasteiger partial charge in [-0.1, -0.05) is 30.0 Å². The monoisotopic (exact) mass is 437 g/mol. The zero-order valence-electron chi connectivity index (χ0n) is 18.1. The van der Waals surface area contributed by atoms with Crippen LogP contribution in [0.1, 0.15) is 33.1 Å². The lowest BCUT2D eigenvalue weighted by molar-refractivity contribution is -0.134. The first-order chi connectivity index (χ1) is 15.0. The number of carbonyl (C=O) groups excluding carboxylic acids is 1. The van der Waals surface area contributed by atoms with E-state index >= 15 is 0 Å². The highest BCUT2D eigenvalue weighted by Crippen LogP contribution is 2.27. The summed E-state index contributed by atoms with van der Waals surface area (Å²) < 4.78 is 6.92. The predicted octanol–water partition coefficient (Wildman–Crippen LogP) is 4.28. The standard InChI is InChI=1S/C24H27N3O3S/c1-16-8-6-9-17(2)26(16)22(28)15-31-24-25-21-13-5-4-12-20(21)23(29)27(24)18-10-7-11-19(14-18)30-3/h4-5,7,10-14,16-17H,6,8-9,15H2,1-3H3/t16-,17+. The molecule has 2 aromatic carbocycles. The van der Waals surface area contributed by atoms with Gasteiger partial charge in [-0.3, -0.25) is 14.2 Å². The molecule has 2 atom stereocenters. The Hall–Kier alpha value is -2.80. The Bertz CT molecular complexity index is 1150. The van der Waals surface area contributed by atoms with Crippen LogP contribution >= 0.6 is 11.8 Å². The number of piperidine rings is 1. The van der Waals surface area contributed by atoms with Crippen molar-refractivity contribution < 1.29 is 9.53 Å². The Morgan fingerprint density at radius 3 is 2.61 bits per heavy atom. The number of ether oxygens (including phenoxy) is 1. The topological polar surface area (TPSA) is 64.4 Å². The van der Waals surface area contributed by atoms with E-state index in [4.69, 9.17) is 9.72 Å². The van der Waals surface area contributed by atoms with Crippen molar-refractivity contribution in [1.82, 2.24) is 14.5 Å². The van der Waals surface area contributed by atoms with Crippen molar-refractivity contribution in [3.63, 3.8) is 0 Å². The van der Waals surface area contributed by atoms with Crippen LogP contribution < -0.4 is 10.3 Å². The van der Waals surface area contributed by atoms with Crippen LogP contribution in [0, 0.1) is 0 Å². The van der Waals surface area contributed by atoms with Crippen LogP contribution in [0.25, 0.3) is 16.6 Å². The molecule has 162 valence electrons. The van der Waals surface area contributed by atoms with Crippen molar-refractivity contribution in [1.29, 1.82) is 0 Å². The number of methoxy groups -OCH3 is 1. The van der Waals surface area contributed by atoms with Gasteiger partial charge in [0, 0.05) is 18.2 Å². The number of nitrogens with zero attached hydrogens (tertiary/aromatic N) is 3. The summed E-state index contributed by atoms with van der Waals surface area (Å²) in [6.45, 7) is 4.22. The molecule has 1 amide bonds. The van der Waals surface area contributed by atoms with Crippen molar-refractivity contribution in [3.05, 3.63) is 58.9 Å². The molecule has 0 saturated carbocycles. The lowest BCUT2D eigenvalue weighted by Gasteiger charge is -2.39. The first-order valence-corrected chi connectivity index (χ1v) is 11.6. The molecular formula is C24H27N3O3S. The van der Waals surface area contributed by atoms with E-state index in [-0.39, 0.29) is 29.3 Å². The molecule has 0 N–H and O–H groups in total. The van der Waals surface area contributed by atoms with E-state index < -0.39 is 0 Å². The Kier molecular flexibility index (Phi) is 6.32. The van der Waals surface area contributed by atoms with Gasteiger partial charge < -0.3 is 9.64 Å². The third-order valence-electron chi connectivity index (χ3n) is 5.86. The molecule has 0 aliphatic carbocycles. The summed E-state index contributed by atoms with van der Waals surface area (Å²) in [5, 5.41) is 1.04. The summed E-state index contributed by atoms with van der Waals surface area (Å²) in [7, 11) is 1.59. The molecule has 1 aliphatic heterocycles. The number of fused-ring (bicyclic) bond motifs is 1. The first-order valence-electron chi connectivity index (χ1n) is 10.6. The van der Waals surface area contributed by atoms with Gasteiger partial charge in [0.25, 0.3) is 5.56 Å². The number of para-hydroxylation sites is 1. The molecule has 4 rings (SSSR count). The van der Waals surface area contributed by atoms with E-state index in [2.05, 4.69) is 13.8 Å². The van der Waals surface area contributed by atoms with Gasteiger partial charge >= 0.3 is 0 Å². The molecule has 1 aromatic heterocycles. The summed E-state index contributed by atoms with van der Waals surface area (Å²) in [6, 6.07) is 15.1. The maximum Gasteiger partial charge on any atom is 0.266 e. The van der Waals surface area contributed by atoms with Crippen molar-refractivity contribution in [3.8, 4) is 11.4 Å². The fourth-order valence-electron chi connectivity index (χ4n) is 4.30. The van der Waals surface area contributed by atoms with Gasteiger partial charge in [0.15, 0.2) is 5.16 Å². The van der Waals surface area contributed by atoms with Gasteiger partial charge in [-0.2, -0.15) is 0 Å². The Morgan fingerprint density at radius 2 is 1.87 bits per heavy atom. The average Bonchev–Trinajstić information content (AvgIpc) is 2.77. The molecule has 1 saturated heterocycles. The van der Waals surface area contributed by atoms with E-state index in [0.29, 0.717) is 27.5 Å². The minimum absolute atomic E-state index is 0.0873. The SMILES string of the molecule is COc1cccc(-n2c(SCC(=O)N3[C@H](C)CCC[C@@H]3C)nc3ccccc3c2=O)c1. The van der Waals surface area contributed by atoms with Crippen molar-refractivity contribution in [2.45, 2.75) is 50.4 Å². The van der Waals surface area contributed by atoms with Crippen LogP contribution in [0.15, 0.2) is 58.5 Å². The minimum Gasteiger partial charge on any atom is -0.497 e. The molecule has 0 radical (unpaired) electrons. The normalized spacial score (nSPS) is 18.9. The van der Waals surface area contributed by atoms with Gasteiger partial charge in [0.1, 0.15) is 5.75 Å². The second-order valence-electron chi connectivity index (χ2n) is 7.97. The molecule has 1 fully saturated rings. The first kappa shape index (κ1) is 21.4. The molecule has 0 spiro atoms. The smallest absolute Gasteiger partial charge is 0.266 e. The molecule has 1 aliphatic rings. The van der Waals surface area contributed by atoms with Gasteiger partial charge in [0.05, 0.1) is 29.5 Å². The summed E-state index contributed by atoms with van der Waals surface area (Å²) in [4.78, 5) is 33.2. The van der Waals surface area contributed by atoms with Crippen molar-refractivity contribution in [2.75, 3.05) is 12.9 Å². The van der Waals surface area contributed by atoms with E-state index in [1.807, 2.05) is 41.3 Å². The predicted molar refractivity (Wildman–Crippen MR) is 124 cm³/mol. The summed E-state index contributed by atoms with van der Waals surface area (Å²) in [5.74, 6) is 0.980. The third-order valence-corrected chi connectivity index (χ3v) is 6.79. The zero-order valence-corrected chi connectivity index (χ0v) is 18.9. The lowest BCUT2D eigenvalue weighted by Crippen LogP contribution is -2.48. The van der Waals surface area contributed by atoms with Crippen LogP contribution in [0.2, 0.25) is 0 Å². The number of hydrogen-bond donors (Lipinski definition) is 0. The lowest BCUT2D eigenvalue weighted by atomic mass is 9.98. The van der Waals surface area contributed by atoms with Crippen molar-refractivity contribution in [2.24, 2.45) is 0 Å². The quantitative estimate of drug-likeness (QED) is 0.440. The highest BCUT2D eigenvalue weighted by Gasteiger charge is 2.29. The zero-order chi connectivity index (χ0) is 22.0. The maximum absolute atomic E-state index is 13.4. The molecule has 0 unspecified atom stereocenters. The average molecular weight is 438 g/mol. The van der Waals surface area contributed by atoms with Gasteiger partial charge in [-0.15, -0.1) is 0 Å². The molecule has 3 aromatic rings. The number of aromatic nitrogens is 2. The number of carbonyl (C=O) groups is 1. The van der Waals surface area contributed by atoms with Gasteiger partial charge in [0.2, 0.25) is 5.91 Å². The summed E-state index contributed by atoms with van der Waals surface area (Å²) in [5.41, 5.74) is 1.13. The van der Waals surface area contributed by atoms with E-state index in [9.17, 15) is 9.59 Å². The molecule has 7 heteroatoms. The van der Waals surface area contributed by atoms with E-state index in [0.717, 1.165) is 19.3 Å². The van der Waals surface area contributed by atoms with Crippen molar-refractivity contribution >= 4 is 28.6 Å². The van der Waals surface area contributed by atoms with Gasteiger partial charge in [-0.05, 0) is 57.4 Å². The number of likely N-dealkylation sites (tertiary alicyclic amines) is 1. The molecule has 6 nitrogen and oxygen atoms in total. The number of thioether (sulfide) groups is 1. The Balaban J connectivity index is 1.72. The molecule has 2 heterocycles. The fraction of sp³-hybridized carbons (Fsp3) is 0.375. The fourth-order valence-corrected chi connectivity index (χ4v) is 5.18. The highest BCUT2D eigenvalue weighted by atomic mass is 32.2. The summed E-state index contributed by atoms with van der Waals surface area (Å²) in [6.07, 6.45) is 3.22. The van der Waals surface area contributed by atoms with Crippen LogP contribution in [0.3, 0.4) is 0 Å². The number of benzene rings is 2. The van der Waals surface area contributed by atoms with E-state index in [1.165, 1.54) is 11.8 Å². The highest BCUT2D eigenvalue weighted by molar-refractivity contribution is 7.99. The largest absolute Gasteiger partial charge is 0.497 e. The van der Waals surface area contributed by atoms with Crippen LogP contribution in [-0.2, 0) is 4.79 Å². The summed E-state index contributed by atoms with van der Waals surface area (Å²) >= 11 is 1.31. The van der Waals surface area contributed by atoms with Gasteiger partial charge in [-0.25, -0.2) is 4.98 Å². The number of hydrogen-bond acceptors (Lipinski definition) is 5. The minimum atomic E-state index is -0.159. The molecular weight excluding hydrogens is 410 g/mol. The second-order valence-corrected chi connectivity index (χ2v) is 8.91. The number of amides is 1. The van der Waals surface area contributed by atoms with Crippen LogP contribution in [0.5, 0.6) is 5.75 Å². The third kappa shape index (κ3) is 4.32. The Labute approximate surface area is 186 Å². The molecule has 31 heavy (non-hydrogen) atoms. The van der Waals surface area contributed by atoms with E-state index in [1.54, 1.807) is 23.8 Å². The second kappa shape index (κ2) is 9.14. The van der Waals surface area contributed by atoms with Crippen LogP contribution in [0.4, 0.5) is 0 Å². The number of rotatable bonds is 5. The Morgan fingerprint density at radius 1 is 1.13 bits per heavy atom. The maximum atomic E-state index is 13.4. The molecule has 0 bridgehead atoms.